The van der Waals surface area contributed by atoms with E-state index in [0.29, 0.717) is 24.2 Å². The highest BCUT2D eigenvalue weighted by molar-refractivity contribution is 6.43. The molecule has 0 radical (unpaired) electrons. The molecule has 0 bridgehead atoms. The fourth-order valence-corrected chi connectivity index (χ4v) is 3.22. The van der Waals surface area contributed by atoms with Crippen molar-refractivity contribution >= 4 is 25.0 Å². The summed E-state index contributed by atoms with van der Waals surface area (Å²) >= 11 is 0. The zero-order chi connectivity index (χ0) is 25.8. The first-order chi connectivity index (χ1) is 16.6. The van der Waals surface area contributed by atoms with Crippen LogP contribution >= 0.6 is 0 Å². The van der Waals surface area contributed by atoms with E-state index < -0.39 is 24.5 Å². The Hall–Kier alpha value is -3.61. The van der Waals surface area contributed by atoms with E-state index >= 15 is 0 Å². The van der Waals surface area contributed by atoms with Gasteiger partial charge in [-0.3, -0.25) is 9.59 Å². The highest BCUT2D eigenvalue weighted by atomic mass is 16.5. The molecule has 0 unspecified atom stereocenters. The third-order valence-electron chi connectivity index (χ3n) is 4.91. The summed E-state index contributed by atoms with van der Waals surface area (Å²) in [6.45, 7) is 5.56. The molecule has 2 aromatic rings. The van der Waals surface area contributed by atoms with Crippen LogP contribution in [0.15, 0.2) is 60.2 Å². The number of hydrogen-bond acceptors (Lipinski definition) is 6. The Balaban J connectivity index is 1.88. The Morgan fingerprint density at radius 2 is 1.86 bits per heavy atom. The van der Waals surface area contributed by atoms with Crippen molar-refractivity contribution in [1.82, 2.24) is 10.6 Å². The summed E-state index contributed by atoms with van der Waals surface area (Å²) in [6, 6.07) is 18.3. The van der Waals surface area contributed by atoms with Crippen LogP contribution in [0, 0.1) is 11.3 Å². The monoisotopic (exact) mass is 477 g/mol. The molecule has 0 saturated carbocycles. The molecule has 2 aromatic carbocycles. The molecule has 0 fully saturated rings. The minimum Gasteiger partial charge on any atom is -0.493 e. The topological polar surface area (TPSA) is 132 Å². The first-order valence-electron chi connectivity index (χ1n) is 11.4. The zero-order valence-electron chi connectivity index (χ0n) is 20.3. The second-order valence-corrected chi connectivity index (χ2v) is 9.16. The van der Waals surface area contributed by atoms with E-state index in [9.17, 15) is 24.9 Å². The van der Waals surface area contributed by atoms with Crippen molar-refractivity contribution in [1.29, 1.82) is 5.26 Å². The number of aryl methyl sites for hydroxylation is 1. The van der Waals surface area contributed by atoms with Gasteiger partial charge in [0.1, 0.15) is 17.4 Å². The summed E-state index contributed by atoms with van der Waals surface area (Å²) in [6.07, 6.45) is 2.47. The maximum atomic E-state index is 12.3. The number of nitrogens with zero attached hydrogens (tertiary/aromatic N) is 1. The van der Waals surface area contributed by atoms with E-state index in [1.54, 1.807) is 24.3 Å². The van der Waals surface area contributed by atoms with Crippen LogP contribution < -0.4 is 15.4 Å². The van der Waals surface area contributed by atoms with Crippen molar-refractivity contribution in [2.45, 2.75) is 51.5 Å². The molecule has 2 amide bonds. The van der Waals surface area contributed by atoms with Crippen LogP contribution in [0.2, 0.25) is 0 Å². The highest BCUT2D eigenvalue weighted by Gasteiger charge is 2.25. The molecule has 0 aromatic heterocycles. The molecule has 8 nitrogen and oxygen atoms in total. The predicted molar refractivity (Wildman–Crippen MR) is 135 cm³/mol. The standard InChI is InChI=1S/C26H32BN3O5/c1-26(2,3)30-25(32)21(18-28)16-20-10-7-11-22(17-20)35-15-14-24(31)29-23(27(33)34)13-12-19-8-5-4-6-9-19/h4-11,16-17,23,33-34H,12-15H2,1-3H3,(H,29,31)(H,30,32)/t23-/m0/s1. The number of amides is 2. The van der Waals surface area contributed by atoms with Gasteiger partial charge in [-0.15, -0.1) is 0 Å². The van der Waals surface area contributed by atoms with Crippen LogP contribution in [0.1, 0.15) is 44.7 Å². The Bertz CT molecular complexity index is 1060. The van der Waals surface area contributed by atoms with E-state index in [-0.39, 0.29) is 24.5 Å². The number of benzene rings is 2. The van der Waals surface area contributed by atoms with Gasteiger partial charge in [0.2, 0.25) is 5.91 Å². The molecule has 0 aliphatic carbocycles. The number of rotatable bonds is 11. The van der Waals surface area contributed by atoms with Gasteiger partial charge < -0.3 is 25.4 Å². The summed E-state index contributed by atoms with van der Waals surface area (Å²) in [5.74, 6) is -1.14. The van der Waals surface area contributed by atoms with Gasteiger partial charge in [0.15, 0.2) is 0 Å². The van der Waals surface area contributed by atoms with Crippen LogP contribution in [0.4, 0.5) is 0 Å². The molecule has 0 aliphatic heterocycles. The molecule has 2 rings (SSSR count). The molecule has 184 valence electrons. The summed E-state index contributed by atoms with van der Waals surface area (Å²) < 4.78 is 5.65. The second kappa shape index (κ2) is 13.3. The van der Waals surface area contributed by atoms with Crippen molar-refractivity contribution in [2.75, 3.05) is 6.61 Å². The third kappa shape index (κ3) is 10.5. The summed E-state index contributed by atoms with van der Waals surface area (Å²) in [7, 11) is -1.67. The van der Waals surface area contributed by atoms with Crippen molar-refractivity contribution in [3.8, 4) is 11.8 Å². The van der Waals surface area contributed by atoms with Crippen molar-refractivity contribution in [3.63, 3.8) is 0 Å². The van der Waals surface area contributed by atoms with E-state index in [4.69, 9.17) is 4.74 Å². The third-order valence-corrected chi connectivity index (χ3v) is 4.91. The van der Waals surface area contributed by atoms with E-state index in [0.717, 1.165) is 5.56 Å². The van der Waals surface area contributed by atoms with Gasteiger partial charge >= 0.3 is 7.12 Å². The lowest BCUT2D eigenvalue weighted by Crippen LogP contribution is -2.47. The number of hydrogen-bond donors (Lipinski definition) is 4. The zero-order valence-corrected chi connectivity index (χ0v) is 20.3. The number of carbonyl (C=O) groups is 2. The smallest absolute Gasteiger partial charge is 0.475 e. The van der Waals surface area contributed by atoms with Crippen molar-refractivity contribution in [2.24, 2.45) is 0 Å². The Morgan fingerprint density at radius 3 is 2.49 bits per heavy atom. The largest absolute Gasteiger partial charge is 0.493 e. The molecule has 0 heterocycles. The van der Waals surface area contributed by atoms with E-state index in [1.807, 2.05) is 57.2 Å². The van der Waals surface area contributed by atoms with E-state index in [1.165, 1.54) is 6.08 Å². The van der Waals surface area contributed by atoms with Crippen molar-refractivity contribution in [3.05, 3.63) is 71.3 Å². The quantitative estimate of drug-likeness (QED) is 0.223. The Morgan fingerprint density at radius 1 is 1.14 bits per heavy atom. The lowest BCUT2D eigenvalue weighted by molar-refractivity contribution is -0.122. The molecule has 9 heteroatoms. The second-order valence-electron chi connectivity index (χ2n) is 9.16. The Kier molecular flexibility index (Phi) is 10.5. The normalized spacial score (nSPS) is 12.3. The lowest BCUT2D eigenvalue weighted by atomic mass is 9.76. The van der Waals surface area contributed by atoms with Gasteiger partial charge in [-0.25, -0.2) is 0 Å². The Labute approximate surface area is 206 Å². The molecule has 4 N–H and O–H groups in total. The lowest BCUT2D eigenvalue weighted by Gasteiger charge is -2.20. The van der Waals surface area contributed by atoms with Crippen LogP contribution in [0.3, 0.4) is 0 Å². The average molecular weight is 477 g/mol. The molecule has 35 heavy (non-hydrogen) atoms. The maximum Gasteiger partial charge on any atom is 0.475 e. The molecule has 0 saturated heterocycles. The van der Waals surface area contributed by atoms with Crippen LogP contribution in [0.5, 0.6) is 5.75 Å². The summed E-state index contributed by atoms with van der Waals surface area (Å²) in [4.78, 5) is 24.6. The first kappa shape index (κ1) is 27.6. The first-order valence-corrected chi connectivity index (χ1v) is 11.4. The number of ether oxygens (including phenoxy) is 1. The van der Waals surface area contributed by atoms with Crippen molar-refractivity contribution < 1.29 is 24.4 Å². The number of carbonyl (C=O) groups excluding carboxylic acids is 2. The van der Waals surface area contributed by atoms with Gasteiger partial charge in [-0.1, -0.05) is 42.5 Å². The fourth-order valence-electron chi connectivity index (χ4n) is 3.22. The van der Waals surface area contributed by atoms with Gasteiger partial charge in [0.25, 0.3) is 5.91 Å². The summed E-state index contributed by atoms with van der Waals surface area (Å²) in [5, 5.41) is 34.0. The fraction of sp³-hybridized carbons (Fsp3) is 0.346. The highest BCUT2D eigenvalue weighted by Crippen LogP contribution is 2.17. The van der Waals surface area contributed by atoms with Crippen LogP contribution in [-0.4, -0.2) is 47.1 Å². The van der Waals surface area contributed by atoms with Gasteiger partial charge in [-0.2, -0.15) is 5.26 Å². The molecule has 1 atom stereocenters. The summed E-state index contributed by atoms with van der Waals surface area (Å²) in [5.41, 5.74) is 1.16. The van der Waals surface area contributed by atoms with Crippen LogP contribution in [-0.2, 0) is 16.0 Å². The molecular weight excluding hydrogens is 445 g/mol. The van der Waals surface area contributed by atoms with Crippen LogP contribution in [0.25, 0.3) is 6.08 Å². The number of nitrogens with one attached hydrogen (secondary N) is 2. The minimum atomic E-state index is -1.67. The molecular formula is C26H32BN3O5. The molecule has 0 aliphatic rings. The van der Waals surface area contributed by atoms with Gasteiger partial charge in [0.05, 0.1) is 19.0 Å². The predicted octanol–water partition coefficient (Wildman–Crippen LogP) is 2.41. The van der Waals surface area contributed by atoms with Gasteiger partial charge in [-0.05, 0) is 62.9 Å². The average Bonchev–Trinajstić information content (AvgIpc) is 2.79. The SMILES string of the molecule is CC(C)(C)NC(=O)C(C#N)=Cc1cccc(OCCC(=O)N[C@@H](CCc2ccccc2)B(O)O)c1. The van der Waals surface area contributed by atoms with E-state index in [2.05, 4.69) is 10.6 Å². The minimum absolute atomic E-state index is 0.0199. The number of nitriles is 1. The maximum absolute atomic E-state index is 12.3. The molecule has 0 spiro atoms. The van der Waals surface area contributed by atoms with Gasteiger partial charge in [0, 0.05) is 5.54 Å².